The molecular formula is C68H115O11P. The SMILES string of the molecule is CC/C=C\C/C=C\C/C=C\C/C=C\C/C=C\CCCCCC(=O)OCC(COP(=O)(O)OCC(CO)OC(=O)CCCCCCCCCCCCCCCCCCC)OC(=O)CCCCCC/C=C\C/C=C\C/C=C\C/C=C\CC. The molecule has 0 saturated heterocycles. The van der Waals surface area contributed by atoms with Gasteiger partial charge in [0.05, 0.1) is 19.8 Å². The fourth-order valence-corrected chi connectivity index (χ4v) is 9.22. The Balaban J connectivity index is 4.78. The Kier molecular flexibility index (Phi) is 58.3. The van der Waals surface area contributed by atoms with Crippen LogP contribution in [0.15, 0.2) is 109 Å². The number of allylic oxidation sites excluding steroid dienone is 18. The highest BCUT2D eigenvalue weighted by Crippen LogP contribution is 2.43. The maximum Gasteiger partial charge on any atom is 0.472 e. The topological polar surface area (TPSA) is 155 Å². The van der Waals surface area contributed by atoms with Crippen LogP contribution >= 0.6 is 7.82 Å². The molecule has 11 nitrogen and oxygen atoms in total. The Morgan fingerprint density at radius 1 is 0.362 bits per heavy atom. The largest absolute Gasteiger partial charge is 0.472 e. The molecule has 0 spiro atoms. The van der Waals surface area contributed by atoms with Gasteiger partial charge in [-0.1, -0.05) is 252 Å². The van der Waals surface area contributed by atoms with Gasteiger partial charge < -0.3 is 24.2 Å². The van der Waals surface area contributed by atoms with E-state index in [0.717, 1.165) is 122 Å². The van der Waals surface area contributed by atoms with Crippen molar-refractivity contribution in [3.63, 3.8) is 0 Å². The lowest BCUT2D eigenvalue weighted by molar-refractivity contribution is -0.161. The minimum absolute atomic E-state index is 0.128. The molecule has 0 aliphatic carbocycles. The van der Waals surface area contributed by atoms with E-state index >= 15 is 0 Å². The van der Waals surface area contributed by atoms with Gasteiger partial charge in [-0.15, -0.1) is 0 Å². The molecule has 0 heterocycles. The Labute approximate surface area is 488 Å². The summed E-state index contributed by atoms with van der Waals surface area (Å²) in [6.45, 7) is 4.38. The van der Waals surface area contributed by atoms with E-state index in [0.29, 0.717) is 19.3 Å². The molecule has 3 unspecified atom stereocenters. The first-order valence-corrected chi connectivity index (χ1v) is 33.3. The van der Waals surface area contributed by atoms with Gasteiger partial charge in [-0.25, -0.2) is 4.57 Å². The molecule has 0 aromatic rings. The molecule has 2 N–H and O–H groups in total. The fourth-order valence-electron chi connectivity index (χ4n) is 8.43. The molecule has 0 saturated carbocycles. The van der Waals surface area contributed by atoms with Gasteiger partial charge in [-0.05, 0) is 103 Å². The zero-order valence-electron chi connectivity index (χ0n) is 50.8. The first-order valence-electron chi connectivity index (χ1n) is 31.8. The van der Waals surface area contributed by atoms with Gasteiger partial charge in [0.1, 0.15) is 12.7 Å². The molecule has 0 fully saturated rings. The number of unbranched alkanes of at least 4 members (excludes halogenated alkanes) is 23. The molecule has 3 atom stereocenters. The monoisotopic (exact) mass is 1140 g/mol. The summed E-state index contributed by atoms with van der Waals surface area (Å²) in [5, 5.41) is 9.86. The Morgan fingerprint density at radius 2 is 0.650 bits per heavy atom. The summed E-state index contributed by atoms with van der Waals surface area (Å²) in [6, 6.07) is 0. The van der Waals surface area contributed by atoms with Crippen LogP contribution in [0.4, 0.5) is 0 Å². The molecule has 0 aromatic heterocycles. The minimum Gasteiger partial charge on any atom is -0.462 e. The van der Waals surface area contributed by atoms with E-state index in [4.69, 9.17) is 23.3 Å². The number of rotatable bonds is 58. The second-order valence-electron chi connectivity index (χ2n) is 20.8. The molecule has 0 aliphatic heterocycles. The van der Waals surface area contributed by atoms with Gasteiger partial charge in [0.15, 0.2) is 6.10 Å². The second-order valence-corrected chi connectivity index (χ2v) is 22.3. The summed E-state index contributed by atoms with van der Waals surface area (Å²) in [4.78, 5) is 48.7. The zero-order valence-corrected chi connectivity index (χ0v) is 51.7. The number of esters is 3. The molecular weight excluding hydrogens is 1020 g/mol. The lowest BCUT2D eigenvalue weighted by atomic mass is 10.0. The number of ether oxygens (including phenoxy) is 3. The van der Waals surface area contributed by atoms with Crippen molar-refractivity contribution < 1.29 is 52.2 Å². The van der Waals surface area contributed by atoms with E-state index in [1.807, 2.05) is 0 Å². The van der Waals surface area contributed by atoms with Crippen molar-refractivity contribution in [3.05, 3.63) is 109 Å². The summed E-state index contributed by atoms with van der Waals surface area (Å²) >= 11 is 0. The van der Waals surface area contributed by atoms with Crippen molar-refractivity contribution in [2.24, 2.45) is 0 Å². The van der Waals surface area contributed by atoms with Gasteiger partial charge in [-0.2, -0.15) is 0 Å². The summed E-state index contributed by atoms with van der Waals surface area (Å²) < 4.78 is 39.6. The molecule has 0 rings (SSSR count). The smallest absolute Gasteiger partial charge is 0.462 e. The molecule has 0 amide bonds. The molecule has 0 radical (unpaired) electrons. The first-order chi connectivity index (χ1) is 39.2. The minimum atomic E-state index is -4.77. The Bertz CT molecular complexity index is 1760. The number of hydrogen-bond donors (Lipinski definition) is 2. The van der Waals surface area contributed by atoms with Crippen LogP contribution in [-0.4, -0.2) is 66.5 Å². The lowest BCUT2D eigenvalue weighted by Crippen LogP contribution is -2.30. The van der Waals surface area contributed by atoms with Gasteiger partial charge in [0.25, 0.3) is 0 Å². The Morgan fingerprint density at radius 3 is 1.01 bits per heavy atom. The predicted octanol–water partition coefficient (Wildman–Crippen LogP) is 19.4. The van der Waals surface area contributed by atoms with Gasteiger partial charge in [0.2, 0.25) is 0 Å². The summed E-state index contributed by atoms with van der Waals surface area (Å²) in [7, 11) is -4.77. The fraction of sp³-hybridized carbons (Fsp3) is 0.691. The van der Waals surface area contributed by atoms with Crippen molar-refractivity contribution in [2.75, 3.05) is 26.4 Å². The average molecular weight is 1140 g/mol. The molecule has 0 bridgehead atoms. The molecule has 80 heavy (non-hydrogen) atoms. The zero-order chi connectivity index (χ0) is 58.3. The number of phosphoric ester groups is 1. The number of carbonyl (C=O) groups is 3. The third kappa shape index (κ3) is 58.8. The summed E-state index contributed by atoms with van der Waals surface area (Å²) in [5.74, 6) is -1.53. The van der Waals surface area contributed by atoms with E-state index in [1.54, 1.807) is 0 Å². The average Bonchev–Trinajstić information content (AvgIpc) is 3.45. The number of carbonyl (C=O) groups excluding carboxylic acids is 3. The van der Waals surface area contributed by atoms with E-state index in [2.05, 4.69) is 130 Å². The summed E-state index contributed by atoms with van der Waals surface area (Å²) in [5.41, 5.74) is 0. The lowest BCUT2D eigenvalue weighted by Gasteiger charge is -2.21. The van der Waals surface area contributed by atoms with E-state index in [1.165, 1.54) is 83.5 Å². The van der Waals surface area contributed by atoms with Crippen LogP contribution in [0.2, 0.25) is 0 Å². The van der Waals surface area contributed by atoms with E-state index in [9.17, 15) is 28.9 Å². The third-order valence-corrected chi connectivity index (χ3v) is 14.1. The highest BCUT2D eigenvalue weighted by molar-refractivity contribution is 7.47. The predicted molar refractivity (Wildman–Crippen MR) is 334 cm³/mol. The second kappa shape index (κ2) is 61.2. The molecule has 0 aliphatic rings. The van der Waals surface area contributed by atoms with Crippen LogP contribution in [0, 0.1) is 0 Å². The van der Waals surface area contributed by atoms with Gasteiger partial charge >= 0.3 is 25.7 Å². The van der Waals surface area contributed by atoms with Crippen LogP contribution in [0.25, 0.3) is 0 Å². The van der Waals surface area contributed by atoms with Crippen LogP contribution in [0.5, 0.6) is 0 Å². The maximum atomic E-state index is 13.0. The molecule has 458 valence electrons. The number of aliphatic hydroxyl groups excluding tert-OH is 1. The number of phosphoric acid groups is 1. The van der Waals surface area contributed by atoms with Gasteiger partial charge in [0, 0.05) is 19.3 Å². The van der Waals surface area contributed by atoms with Crippen LogP contribution in [0.3, 0.4) is 0 Å². The van der Waals surface area contributed by atoms with Crippen molar-refractivity contribution in [2.45, 2.75) is 277 Å². The number of aliphatic hydroxyl groups is 1. The molecule has 0 aromatic carbocycles. The van der Waals surface area contributed by atoms with Crippen molar-refractivity contribution in [1.29, 1.82) is 0 Å². The van der Waals surface area contributed by atoms with Crippen molar-refractivity contribution in [1.82, 2.24) is 0 Å². The van der Waals surface area contributed by atoms with E-state index < -0.39 is 57.8 Å². The quantitative estimate of drug-likeness (QED) is 0.0197. The summed E-state index contributed by atoms with van der Waals surface area (Å²) in [6.07, 6.45) is 74.7. The third-order valence-electron chi connectivity index (χ3n) is 13.2. The van der Waals surface area contributed by atoms with Crippen molar-refractivity contribution in [3.8, 4) is 0 Å². The van der Waals surface area contributed by atoms with Crippen LogP contribution in [0.1, 0.15) is 265 Å². The van der Waals surface area contributed by atoms with E-state index in [-0.39, 0.29) is 25.9 Å². The molecule has 12 heteroatoms. The maximum absolute atomic E-state index is 13.0. The highest BCUT2D eigenvalue weighted by atomic mass is 31.2. The normalized spacial score (nSPS) is 14.0. The standard InChI is InChI=1S/C68H115O11P/c1-4-7-10-13-16-19-22-25-28-31-32-35-36-39-42-45-48-51-54-57-66(70)75-61-65(79-68(72)59-56-53-50-47-44-41-38-34-30-27-24-21-18-15-12-9-6-3)63-77-80(73,74)76-62-64(60-69)78-67(71)58-55-52-49-46-43-40-37-33-29-26-23-20-17-14-11-8-5-2/h7,9-10,12,16,18-19,21,25,27-28,30,32,35,38-39,41-42,64-65,69H,4-6,8,11,13-15,17,20,22-24,26,29,31,33-34,36-37,40,43-63H2,1-3H3,(H,73,74)/b10-7-,12-9-,19-16-,21-18-,28-25-,30-27-,35-32-,41-38-,42-39-. The van der Waals surface area contributed by atoms with Crippen LogP contribution in [-0.2, 0) is 42.2 Å². The Hall–Kier alpha value is -3.86. The van der Waals surface area contributed by atoms with Gasteiger partial charge in [-0.3, -0.25) is 23.4 Å². The van der Waals surface area contributed by atoms with Crippen molar-refractivity contribution >= 4 is 25.7 Å². The first kappa shape index (κ1) is 76.1. The van der Waals surface area contributed by atoms with Crippen LogP contribution < -0.4 is 0 Å². The highest BCUT2D eigenvalue weighted by Gasteiger charge is 2.28. The number of hydrogen-bond acceptors (Lipinski definition) is 10.